The van der Waals surface area contributed by atoms with Crippen LogP contribution in [0.2, 0.25) is 0 Å². The molecule has 2 aliphatic carbocycles. The number of ketones is 2. The fourth-order valence-corrected chi connectivity index (χ4v) is 2.07. The summed E-state index contributed by atoms with van der Waals surface area (Å²) < 4.78 is 0. The third-order valence-corrected chi connectivity index (χ3v) is 2.66. The lowest BCUT2D eigenvalue weighted by Crippen LogP contribution is -2.12. The summed E-state index contributed by atoms with van der Waals surface area (Å²) in [6.07, 6.45) is 3.85. The van der Waals surface area contributed by atoms with Crippen molar-refractivity contribution in [3.63, 3.8) is 0 Å². The van der Waals surface area contributed by atoms with E-state index in [-0.39, 0.29) is 23.4 Å². The summed E-state index contributed by atoms with van der Waals surface area (Å²) >= 11 is 0. The third kappa shape index (κ3) is 0.648. The SMILES string of the molecule is O=C1C(=O)[C@H]2CCC[C@@H]1C2. The number of carbonyl (C=O) groups excluding carboxylic acids is 2. The van der Waals surface area contributed by atoms with E-state index in [1.165, 1.54) is 0 Å². The van der Waals surface area contributed by atoms with Gasteiger partial charge in [-0.25, -0.2) is 0 Å². The molecule has 2 rings (SSSR count). The molecule has 0 aromatic carbocycles. The fraction of sp³-hybridized carbons (Fsp3) is 0.750. The summed E-state index contributed by atoms with van der Waals surface area (Å²) in [5.41, 5.74) is 0. The van der Waals surface area contributed by atoms with Gasteiger partial charge in [0.15, 0.2) is 0 Å². The standard InChI is InChI=1S/C8H10O2/c9-7-5-2-1-3-6(4-5)8(7)10/h5-6H,1-4H2/t5-,6+. The van der Waals surface area contributed by atoms with Crippen LogP contribution in [0.5, 0.6) is 0 Å². The Balaban J connectivity index is 2.29. The van der Waals surface area contributed by atoms with Gasteiger partial charge in [-0.3, -0.25) is 9.59 Å². The molecule has 2 saturated carbocycles. The number of rotatable bonds is 0. The highest BCUT2D eigenvalue weighted by molar-refractivity contribution is 6.40. The van der Waals surface area contributed by atoms with Crippen LogP contribution < -0.4 is 0 Å². The molecule has 54 valence electrons. The van der Waals surface area contributed by atoms with Crippen LogP contribution in [0.1, 0.15) is 25.7 Å². The summed E-state index contributed by atoms with van der Waals surface area (Å²) in [6, 6.07) is 0. The van der Waals surface area contributed by atoms with Gasteiger partial charge >= 0.3 is 0 Å². The molecule has 0 unspecified atom stereocenters. The number of hydrogen-bond donors (Lipinski definition) is 0. The van der Waals surface area contributed by atoms with Gasteiger partial charge in [0, 0.05) is 11.8 Å². The minimum absolute atomic E-state index is 0.0810. The van der Waals surface area contributed by atoms with E-state index in [2.05, 4.69) is 0 Å². The monoisotopic (exact) mass is 138 g/mol. The molecule has 2 bridgehead atoms. The zero-order valence-electron chi connectivity index (χ0n) is 5.80. The molecule has 0 saturated heterocycles. The van der Waals surface area contributed by atoms with Gasteiger partial charge in [-0.1, -0.05) is 6.42 Å². The van der Waals surface area contributed by atoms with Gasteiger partial charge in [0.2, 0.25) is 11.6 Å². The Morgan fingerprint density at radius 2 is 1.50 bits per heavy atom. The predicted molar refractivity (Wildman–Crippen MR) is 35.5 cm³/mol. The molecule has 2 nitrogen and oxygen atoms in total. The normalized spacial score (nSPS) is 38.8. The van der Waals surface area contributed by atoms with E-state index in [4.69, 9.17) is 0 Å². The molecule has 2 aliphatic rings. The van der Waals surface area contributed by atoms with Gasteiger partial charge in [-0.05, 0) is 19.3 Å². The average Bonchev–Trinajstić information content (AvgIpc) is 2.17. The molecule has 10 heavy (non-hydrogen) atoms. The van der Waals surface area contributed by atoms with Crippen LogP contribution in [0, 0.1) is 11.8 Å². The van der Waals surface area contributed by atoms with E-state index in [1.807, 2.05) is 0 Å². The maximum absolute atomic E-state index is 11.0. The maximum Gasteiger partial charge on any atom is 0.201 e. The molecule has 0 radical (unpaired) electrons. The third-order valence-electron chi connectivity index (χ3n) is 2.66. The Hall–Kier alpha value is -0.660. The first-order valence-corrected chi connectivity index (χ1v) is 3.87. The molecule has 2 fully saturated rings. The number of fused-ring (bicyclic) bond motifs is 2. The molecule has 0 amide bonds. The number of hydrogen-bond acceptors (Lipinski definition) is 2. The van der Waals surface area contributed by atoms with Crippen molar-refractivity contribution in [2.24, 2.45) is 11.8 Å². The maximum atomic E-state index is 11.0. The largest absolute Gasteiger partial charge is 0.291 e. The van der Waals surface area contributed by atoms with Gasteiger partial charge in [-0.2, -0.15) is 0 Å². The van der Waals surface area contributed by atoms with Crippen LogP contribution in [0.25, 0.3) is 0 Å². The second-order valence-electron chi connectivity index (χ2n) is 3.29. The van der Waals surface area contributed by atoms with Crippen molar-refractivity contribution < 1.29 is 9.59 Å². The Bertz CT molecular complexity index is 175. The lowest BCUT2D eigenvalue weighted by atomic mass is 9.89. The predicted octanol–water partition coefficient (Wildman–Crippen LogP) is 0.945. The van der Waals surface area contributed by atoms with E-state index in [1.54, 1.807) is 0 Å². The Morgan fingerprint density at radius 1 is 1.00 bits per heavy atom. The lowest BCUT2D eigenvalue weighted by molar-refractivity contribution is -0.136. The molecule has 0 aliphatic heterocycles. The topological polar surface area (TPSA) is 34.1 Å². The first-order chi connectivity index (χ1) is 4.79. The Labute approximate surface area is 59.6 Å². The van der Waals surface area contributed by atoms with Crippen LogP contribution in [0.3, 0.4) is 0 Å². The lowest BCUT2D eigenvalue weighted by Gasteiger charge is -2.13. The second kappa shape index (κ2) is 1.91. The highest BCUT2D eigenvalue weighted by atomic mass is 16.2. The molecule has 0 spiro atoms. The summed E-state index contributed by atoms with van der Waals surface area (Å²) in [4.78, 5) is 22.1. The summed E-state index contributed by atoms with van der Waals surface area (Å²) in [5, 5.41) is 0. The van der Waals surface area contributed by atoms with Gasteiger partial charge in [-0.15, -0.1) is 0 Å². The van der Waals surface area contributed by atoms with Gasteiger partial charge in [0.05, 0.1) is 0 Å². The Kier molecular flexibility index (Phi) is 1.16. The zero-order chi connectivity index (χ0) is 7.14. The van der Waals surface area contributed by atoms with Crippen LogP contribution in [0.15, 0.2) is 0 Å². The molecule has 0 heterocycles. The van der Waals surface area contributed by atoms with E-state index in [0.717, 1.165) is 25.7 Å². The first kappa shape index (κ1) is 6.08. The number of Topliss-reactive ketones (excluding diaryl/α,β-unsaturated/α-hetero) is 2. The van der Waals surface area contributed by atoms with Crippen LogP contribution in [-0.4, -0.2) is 11.6 Å². The highest BCUT2D eigenvalue weighted by Gasteiger charge is 2.42. The van der Waals surface area contributed by atoms with Gasteiger partial charge < -0.3 is 0 Å². The van der Waals surface area contributed by atoms with E-state index in [0.29, 0.717) is 0 Å². The molecular formula is C8H10O2. The van der Waals surface area contributed by atoms with Crippen molar-refractivity contribution in [3.05, 3.63) is 0 Å². The van der Waals surface area contributed by atoms with Crippen molar-refractivity contribution in [1.29, 1.82) is 0 Å². The van der Waals surface area contributed by atoms with Crippen molar-refractivity contribution in [2.75, 3.05) is 0 Å². The minimum Gasteiger partial charge on any atom is -0.291 e. The van der Waals surface area contributed by atoms with E-state index < -0.39 is 0 Å². The van der Waals surface area contributed by atoms with E-state index >= 15 is 0 Å². The number of carbonyl (C=O) groups is 2. The van der Waals surface area contributed by atoms with Crippen LogP contribution >= 0.6 is 0 Å². The van der Waals surface area contributed by atoms with Crippen LogP contribution in [-0.2, 0) is 9.59 Å². The van der Waals surface area contributed by atoms with Crippen molar-refractivity contribution in [2.45, 2.75) is 25.7 Å². The molecule has 0 aromatic rings. The summed E-state index contributed by atoms with van der Waals surface area (Å²) in [5.74, 6) is 0.0718. The van der Waals surface area contributed by atoms with Gasteiger partial charge in [0.1, 0.15) is 0 Å². The van der Waals surface area contributed by atoms with Crippen molar-refractivity contribution in [1.82, 2.24) is 0 Å². The molecular weight excluding hydrogens is 128 g/mol. The van der Waals surface area contributed by atoms with E-state index in [9.17, 15) is 9.59 Å². The summed E-state index contributed by atoms with van der Waals surface area (Å²) in [6.45, 7) is 0. The molecule has 2 atom stereocenters. The summed E-state index contributed by atoms with van der Waals surface area (Å²) in [7, 11) is 0. The first-order valence-electron chi connectivity index (χ1n) is 3.87. The minimum atomic E-state index is -0.0810. The fourth-order valence-electron chi connectivity index (χ4n) is 2.07. The zero-order valence-corrected chi connectivity index (χ0v) is 5.80. The van der Waals surface area contributed by atoms with Crippen molar-refractivity contribution in [3.8, 4) is 0 Å². The highest BCUT2D eigenvalue weighted by Crippen LogP contribution is 2.36. The smallest absolute Gasteiger partial charge is 0.201 e. The van der Waals surface area contributed by atoms with Crippen LogP contribution in [0.4, 0.5) is 0 Å². The van der Waals surface area contributed by atoms with Gasteiger partial charge in [0.25, 0.3) is 0 Å². The van der Waals surface area contributed by atoms with Crippen molar-refractivity contribution >= 4 is 11.6 Å². The molecule has 0 aromatic heterocycles. The second-order valence-corrected chi connectivity index (χ2v) is 3.29. The average molecular weight is 138 g/mol. The quantitative estimate of drug-likeness (QED) is 0.467. The molecule has 0 N–H and O–H groups in total. The molecule has 2 heteroatoms. The Morgan fingerprint density at radius 3 is 1.90 bits per heavy atom.